The third-order valence-electron chi connectivity index (χ3n) is 3.13. The van der Waals surface area contributed by atoms with E-state index >= 15 is 0 Å². The maximum absolute atomic E-state index is 6.07. The van der Waals surface area contributed by atoms with Gasteiger partial charge in [0.25, 0.3) is 0 Å². The molecule has 0 saturated carbocycles. The van der Waals surface area contributed by atoms with Crippen LogP contribution in [0.3, 0.4) is 0 Å². The van der Waals surface area contributed by atoms with Crippen molar-refractivity contribution in [3.8, 4) is 5.75 Å². The van der Waals surface area contributed by atoms with E-state index < -0.39 is 0 Å². The first kappa shape index (κ1) is 16.5. The summed E-state index contributed by atoms with van der Waals surface area (Å²) in [5.74, 6) is 0.836. The molecular weight excluding hydrogens is 350 g/mol. The van der Waals surface area contributed by atoms with Crippen molar-refractivity contribution in [2.75, 3.05) is 13.7 Å². The average molecular weight is 370 g/mol. The highest BCUT2D eigenvalue weighted by Crippen LogP contribution is 2.31. The van der Waals surface area contributed by atoms with Gasteiger partial charge in [0.05, 0.1) is 6.61 Å². The molecule has 2 N–H and O–H groups in total. The van der Waals surface area contributed by atoms with Gasteiger partial charge in [0.1, 0.15) is 11.9 Å². The Balaban J connectivity index is 2.07. The van der Waals surface area contributed by atoms with Gasteiger partial charge < -0.3 is 15.2 Å². The van der Waals surface area contributed by atoms with Gasteiger partial charge in [-0.15, -0.1) is 11.3 Å². The number of benzene rings is 1. The van der Waals surface area contributed by atoms with Crippen molar-refractivity contribution >= 4 is 27.3 Å². The van der Waals surface area contributed by atoms with Crippen molar-refractivity contribution in [2.45, 2.75) is 25.5 Å². The van der Waals surface area contributed by atoms with Gasteiger partial charge in [0.15, 0.2) is 0 Å². The lowest BCUT2D eigenvalue weighted by Gasteiger charge is -2.21. The summed E-state index contributed by atoms with van der Waals surface area (Å²) in [5.41, 5.74) is 7.31. The number of hydrogen-bond acceptors (Lipinski definition) is 4. The highest BCUT2D eigenvalue weighted by atomic mass is 79.9. The SMILES string of the molecule is COCCc1ccc(OC(c2cc(Br)cs2)C(C)N)cc1. The molecule has 0 radical (unpaired) electrons. The summed E-state index contributed by atoms with van der Waals surface area (Å²) in [4.78, 5) is 1.13. The molecule has 2 unspecified atom stereocenters. The van der Waals surface area contributed by atoms with Crippen molar-refractivity contribution in [3.05, 3.63) is 50.6 Å². The van der Waals surface area contributed by atoms with E-state index in [0.717, 1.165) is 28.1 Å². The zero-order valence-corrected chi connectivity index (χ0v) is 14.6. The summed E-state index contributed by atoms with van der Waals surface area (Å²) in [5, 5.41) is 2.04. The zero-order chi connectivity index (χ0) is 15.2. The fourth-order valence-corrected chi connectivity index (χ4v) is 3.59. The van der Waals surface area contributed by atoms with Gasteiger partial charge in [-0.05, 0) is 53.0 Å². The first-order valence-electron chi connectivity index (χ1n) is 6.84. The number of nitrogens with two attached hydrogens (primary N) is 1. The smallest absolute Gasteiger partial charge is 0.148 e. The van der Waals surface area contributed by atoms with E-state index in [-0.39, 0.29) is 12.1 Å². The summed E-state index contributed by atoms with van der Waals surface area (Å²) in [6, 6.07) is 10.1. The fraction of sp³-hybridized carbons (Fsp3) is 0.375. The average Bonchev–Trinajstić information content (AvgIpc) is 2.89. The van der Waals surface area contributed by atoms with E-state index in [4.69, 9.17) is 15.2 Å². The molecule has 0 fully saturated rings. The van der Waals surface area contributed by atoms with Gasteiger partial charge in [0, 0.05) is 27.9 Å². The van der Waals surface area contributed by atoms with Gasteiger partial charge in [-0.2, -0.15) is 0 Å². The van der Waals surface area contributed by atoms with Crippen molar-refractivity contribution in [1.29, 1.82) is 0 Å². The highest BCUT2D eigenvalue weighted by Gasteiger charge is 2.20. The standard InChI is InChI=1S/C16H20BrNO2S/c1-11(18)16(15-9-13(17)10-21-15)20-14-5-3-12(4-6-14)7-8-19-2/h3-6,9-11,16H,7-8,18H2,1-2H3. The van der Waals surface area contributed by atoms with Crippen LogP contribution in [0.2, 0.25) is 0 Å². The van der Waals surface area contributed by atoms with E-state index in [1.165, 1.54) is 5.56 Å². The van der Waals surface area contributed by atoms with Crippen LogP contribution in [0.1, 0.15) is 23.5 Å². The molecule has 114 valence electrons. The lowest BCUT2D eigenvalue weighted by Crippen LogP contribution is -2.28. The monoisotopic (exact) mass is 369 g/mol. The summed E-state index contributed by atoms with van der Waals surface area (Å²) in [7, 11) is 1.71. The molecule has 0 spiro atoms. The normalized spacial score (nSPS) is 13.9. The van der Waals surface area contributed by atoms with Crippen LogP contribution in [-0.2, 0) is 11.2 Å². The van der Waals surface area contributed by atoms with Crippen LogP contribution in [0, 0.1) is 0 Å². The molecule has 0 aliphatic carbocycles. The van der Waals surface area contributed by atoms with Crippen LogP contribution in [0.5, 0.6) is 5.75 Å². The fourth-order valence-electron chi connectivity index (χ4n) is 2.00. The number of thiophene rings is 1. The summed E-state index contributed by atoms with van der Waals surface area (Å²) < 4.78 is 12.2. The second kappa shape index (κ2) is 7.94. The number of hydrogen-bond donors (Lipinski definition) is 1. The summed E-state index contributed by atoms with van der Waals surface area (Å²) in [6.45, 7) is 2.69. The molecule has 2 atom stereocenters. The quantitative estimate of drug-likeness (QED) is 0.796. The topological polar surface area (TPSA) is 44.5 Å². The predicted molar refractivity (Wildman–Crippen MR) is 91.1 cm³/mol. The summed E-state index contributed by atoms with van der Waals surface area (Å²) in [6.07, 6.45) is 0.775. The Morgan fingerprint density at radius 1 is 1.29 bits per heavy atom. The third-order valence-corrected chi connectivity index (χ3v) is 4.88. The molecule has 0 aliphatic heterocycles. The van der Waals surface area contributed by atoms with E-state index in [1.54, 1.807) is 18.4 Å². The minimum Gasteiger partial charge on any atom is -0.483 e. The number of rotatable bonds is 7. The van der Waals surface area contributed by atoms with Crippen molar-refractivity contribution < 1.29 is 9.47 Å². The van der Waals surface area contributed by atoms with Gasteiger partial charge in [-0.3, -0.25) is 0 Å². The number of ether oxygens (including phenoxy) is 2. The van der Waals surface area contributed by atoms with Crippen LogP contribution in [0.4, 0.5) is 0 Å². The van der Waals surface area contributed by atoms with Crippen molar-refractivity contribution in [2.24, 2.45) is 5.73 Å². The molecule has 2 rings (SSSR count). The number of methoxy groups -OCH3 is 1. The van der Waals surface area contributed by atoms with Crippen LogP contribution >= 0.6 is 27.3 Å². The molecule has 21 heavy (non-hydrogen) atoms. The highest BCUT2D eigenvalue weighted by molar-refractivity contribution is 9.10. The third kappa shape index (κ3) is 4.81. The Hall–Kier alpha value is -0.880. The molecule has 1 aromatic carbocycles. The lowest BCUT2D eigenvalue weighted by atomic mass is 10.1. The maximum atomic E-state index is 6.07. The summed E-state index contributed by atoms with van der Waals surface area (Å²) >= 11 is 5.12. The number of halogens is 1. The van der Waals surface area contributed by atoms with Crippen LogP contribution in [0.15, 0.2) is 40.2 Å². The van der Waals surface area contributed by atoms with Gasteiger partial charge in [-0.1, -0.05) is 12.1 Å². The second-order valence-electron chi connectivity index (χ2n) is 4.95. The molecule has 0 saturated heterocycles. The Morgan fingerprint density at radius 2 is 2.00 bits per heavy atom. The predicted octanol–water partition coefficient (Wildman–Crippen LogP) is 4.17. The largest absolute Gasteiger partial charge is 0.483 e. The minimum absolute atomic E-state index is 0.0799. The Bertz CT molecular complexity index is 554. The van der Waals surface area contributed by atoms with Gasteiger partial charge in [0.2, 0.25) is 0 Å². The van der Waals surface area contributed by atoms with Crippen LogP contribution < -0.4 is 10.5 Å². The molecule has 1 heterocycles. The molecular formula is C16H20BrNO2S. The van der Waals surface area contributed by atoms with Crippen molar-refractivity contribution in [1.82, 2.24) is 0 Å². The molecule has 5 heteroatoms. The minimum atomic E-state index is -0.133. The Labute approximate surface area is 138 Å². The first-order valence-corrected chi connectivity index (χ1v) is 8.51. The van der Waals surface area contributed by atoms with Crippen molar-refractivity contribution in [3.63, 3.8) is 0 Å². The molecule has 0 amide bonds. The zero-order valence-electron chi connectivity index (χ0n) is 12.2. The lowest BCUT2D eigenvalue weighted by molar-refractivity contribution is 0.184. The molecule has 0 aliphatic rings. The van der Waals surface area contributed by atoms with Gasteiger partial charge >= 0.3 is 0 Å². The second-order valence-corrected chi connectivity index (χ2v) is 6.81. The van der Waals surface area contributed by atoms with E-state index in [0.29, 0.717) is 0 Å². The van der Waals surface area contributed by atoms with Crippen LogP contribution in [-0.4, -0.2) is 19.8 Å². The Morgan fingerprint density at radius 3 is 2.52 bits per heavy atom. The van der Waals surface area contributed by atoms with E-state index in [1.807, 2.05) is 24.4 Å². The van der Waals surface area contributed by atoms with Crippen LogP contribution in [0.25, 0.3) is 0 Å². The maximum Gasteiger partial charge on any atom is 0.148 e. The molecule has 0 bridgehead atoms. The molecule has 1 aromatic heterocycles. The van der Waals surface area contributed by atoms with Gasteiger partial charge in [-0.25, -0.2) is 0 Å². The first-order chi connectivity index (χ1) is 10.1. The molecule has 2 aromatic rings. The van der Waals surface area contributed by atoms with E-state index in [2.05, 4.69) is 34.1 Å². The van der Waals surface area contributed by atoms with E-state index in [9.17, 15) is 0 Å². The Kier molecular flexibility index (Phi) is 6.23. The molecule has 3 nitrogen and oxygen atoms in total.